The van der Waals surface area contributed by atoms with E-state index >= 15 is 0 Å². The van der Waals surface area contributed by atoms with Crippen LogP contribution in [0.4, 0.5) is 0 Å². The van der Waals surface area contributed by atoms with Crippen LogP contribution >= 0.6 is 0 Å². The lowest BCUT2D eigenvalue weighted by Crippen LogP contribution is -2.46. The minimum atomic E-state index is -1.30. The van der Waals surface area contributed by atoms with Crippen molar-refractivity contribution in [1.82, 2.24) is 0 Å². The van der Waals surface area contributed by atoms with Crippen LogP contribution in [0.1, 0.15) is 85.5 Å². The third-order valence-electron chi connectivity index (χ3n) is 8.61. The molecule has 7 atom stereocenters. The maximum absolute atomic E-state index is 10.5. The molecule has 0 aromatic heterocycles. The van der Waals surface area contributed by atoms with E-state index in [2.05, 4.69) is 32.6 Å². The van der Waals surface area contributed by atoms with Gasteiger partial charge in [-0.1, -0.05) is 43.7 Å². The molecular formula is C27H44O4. The average molecular weight is 433 g/mol. The maximum atomic E-state index is 10.5. The highest BCUT2D eigenvalue weighted by Crippen LogP contribution is 2.60. The van der Waals surface area contributed by atoms with Crippen molar-refractivity contribution in [1.29, 1.82) is 0 Å². The predicted molar refractivity (Wildman–Crippen MR) is 125 cm³/mol. The van der Waals surface area contributed by atoms with E-state index < -0.39 is 17.8 Å². The highest BCUT2D eigenvalue weighted by Gasteiger charge is 2.51. The summed E-state index contributed by atoms with van der Waals surface area (Å²) in [6, 6.07) is 0. The summed E-state index contributed by atoms with van der Waals surface area (Å²) in [6.45, 7) is 11.9. The van der Waals surface area contributed by atoms with Gasteiger partial charge < -0.3 is 20.4 Å². The van der Waals surface area contributed by atoms with Crippen molar-refractivity contribution in [3.8, 4) is 0 Å². The minimum absolute atomic E-state index is 0.213. The summed E-state index contributed by atoms with van der Waals surface area (Å²) in [5.41, 5.74) is 2.81. The summed E-state index contributed by atoms with van der Waals surface area (Å²) >= 11 is 0. The van der Waals surface area contributed by atoms with Gasteiger partial charge in [0, 0.05) is 0 Å². The highest BCUT2D eigenvalue weighted by atomic mass is 16.4. The lowest BCUT2D eigenvalue weighted by Gasteiger charge is -2.45. The molecule has 31 heavy (non-hydrogen) atoms. The summed E-state index contributed by atoms with van der Waals surface area (Å²) in [5, 5.41) is 40.9. The van der Waals surface area contributed by atoms with Gasteiger partial charge in [-0.2, -0.15) is 0 Å². The summed E-state index contributed by atoms with van der Waals surface area (Å²) in [7, 11) is 0. The molecule has 3 saturated carbocycles. The third-order valence-corrected chi connectivity index (χ3v) is 8.61. The normalized spacial score (nSPS) is 37.7. The molecule has 0 spiro atoms. The standard InChI is InChI=1S/C27H44O4/c1-17-8-11-21(28)16-20(17)10-9-19-7-6-14-27(5)22(12-13-23(19)27)18(2)15-24(29)25(30)26(3,4)31/h9-10,18,21-25,28-31H,1,6-8,11-16H2,2-5H3/b19-9+,20-10-/t18-,21-,22-,23+,24?,25?,27-/m1/s1. The number of fused-ring (bicyclic) bond motifs is 1. The van der Waals surface area contributed by atoms with E-state index in [0.717, 1.165) is 31.3 Å². The molecule has 0 aromatic carbocycles. The molecule has 0 saturated heterocycles. The van der Waals surface area contributed by atoms with Crippen molar-refractivity contribution in [2.75, 3.05) is 0 Å². The Balaban J connectivity index is 1.72. The minimum Gasteiger partial charge on any atom is -0.393 e. The number of aliphatic hydroxyl groups excluding tert-OH is 3. The number of allylic oxidation sites excluding steroid dienone is 4. The third kappa shape index (κ3) is 5.35. The summed E-state index contributed by atoms with van der Waals surface area (Å²) < 4.78 is 0. The van der Waals surface area contributed by atoms with E-state index in [1.165, 1.54) is 30.4 Å². The van der Waals surface area contributed by atoms with E-state index in [0.29, 0.717) is 24.7 Å². The predicted octanol–water partition coefficient (Wildman–Crippen LogP) is 4.68. The van der Waals surface area contributed by atoms with Gasteiger partial charge in [0.2, 0.25) is 0 Å². The molecule has 0 bridgehead atoms. The zero-order valence-electron chi connectivity index (χ0n) is 20.0. The Morgan fingerprint density at radius 1 is 1.16 bits per heavy atom. The summed E-state index contributed by atoms with van der Waals surface area (Å²) in [5.74, 6) is 1.35. The summed E-state index contributed by atoms with van der Waals surface area (Å²) in [6.07, 6.45) is 11.0. The molecular weight excluding hydrogens is 388 g/mol. The molecule has 3 aliphatic rings. The smallest absolute Gasteiger partial charge is 0.108 e. The van der Waals surface area contributed by atoms with Crippen molar-refractivity contribution < 1.29 is 20.4 Å². The quantitative estimate of drug-likeness (QED) is 0.491. The van der Waals surface area contributed by atoms with Crippen LogP contribution < -0.4 is 0 Å². The molecule has 0 aromatic rings. The molecule has 4 heteroatoms. The van der Waals surface area contributed by atoms with Gasteiger partial charge in [0.15, 0.2) is 0 Å². The molecule has 4 nitrogen and oxygen atoms in total. The number of hydrogen-bond donors (Lipinski definition) is 4. The Labute approximate surface area is 188 Å². The van der Waals surface area contributed by atoms with Gasteiger partial charge in [-0.25, -0.2) is 0 Å². The highest BCUT2D eigenvalue weighted by molar-refractivity contribution is 5.36. The Morgan fingerprint density at radius 2 is 1.87 bits per heavy atom. The fourth-order valence-electron chi connectivity index (χ4n) is 6.75. The Hall–Kier alpha value is -0.940. The van der Waals surface area contributed by atoms with E-state index in [4.69, 9.17) is 0 Å². The van der Waals surface area contributed by atoms with E-state index in [1.807, 2.05) is 0 Å². The van der Waals surface area contributed by atoms with Crippen molar-refractivity contribution in [2.45, 2.75) is 109 Å². The maximum Gasteiger partial charge on any atom is 0.108 e. The van der Waals surface area contributed by atoms with Crippen LogP contribution in [0.3, 0.4) is 0 Å². The number of aliphatic hydroxyl groups is 4. The number of rotatable bonds is 6. The monoisotopic (exact) mass is 432 g/mol. The first kappa shape index (κ1) is 24.7. The first-order valence-electron chi connectivity index (χ1n) is 12.3. The molecule has 0 heterocycles. The first-order chi connectivity index (χ1) is 14.4. The second-order valence-corrected chi connectivity index (χ2v) is 11.4. The zero-order chi connectivity index (χ0) is 23.0. The fraction of sp³-hybridized carbons (Fsp3) is 0.778. The molecule has 0 radical (unpaired) electrons. The van der Waals surface area contributed by atoms with Crippen LogP contribution in [0.25, 0.3) is 0 Å². The lowest BCUT2D eigenvalue weighted by atomic mass is 9.60. The van der Waals surface area contributed by atoms with Gasteiger partial charge in [0.05, 0.1) is 17.8 Å². The molecule has 4 N–H and O–H groups in total. The van der Waals surface area contributed by atoms with Crippen LogP contribution in [0, 0.1) is 23.2 Å². The molecule has 0 aliphatic heterocycles. The molecule has 176 valence electrons. The topological polar surface area (TPSA) is 80.9 Å². The largest absolute Gasteiger partial charge is 0.393 e. The van der Waals surface area contributed by atoms with Crippen LogP contribution in [0.2, 0.25) is 0 Å². The molecule has 2 unspecified atom stereocenters. The zero-order valence-corrected chi connectivity index (χ0v) is 20.0. The fourth-order valence-corrected chi connectivity index (χ4v) is 6.75. The van der Waals surface area contributed by atoms with E-state index in [9.17, 15) is 20.4 Å². The van der Waals surface area contributed by atoms with Crippen molar-refractivity contribution in [3.63, 3.8) is 0 Å². The van der Waals surface area contributed by atoms with Gasteiger partial charge in [-0.15, -0.1) is 0 Å². The van der Waals surface area contributed by atoms with Crippen LogP contribution in [-0.2, 0) is 0 Å². The van der Waals surface area contributed by atoms with Gasteiger partial charge in [0.25, 0.3) is 0 Å². The molecule has 3 fully saturated rings. The van der Waals surface area contributed by atoms with Gasteiger partial charge in [0.1, 0.15) is 6.10 Å². The Morgan fingerprint density at radius 3 is 2.55 bits per heavy atom. The molecule has 3 aliphatic carbocycles. The molecule has 0 amide bonds. The Kier molecular flexibility index (Phi) is 7.57. The van der Waals surface area contributed by atoms with Crippen molar-refractivity contribution in [3.05, 3.63) is 35.5 Å². The van der Waals surface area contributed by atoms with E-state index in [-0.39, 0.29) is 17.4 Å². The first-order valence-corrected chi connectivity index (χ1v) is 12.3. The molecule has 3 rings (SSSR count). The summed E-state index contributed by atoms with van der Waals surface area (Å²) in [4.78, 5) is 0. The second kappa shape index (κ2) is 9.51. The van der Waals surface area contributed by atoms with Gasteiger partial charge in [-0.3, -0.25) is 0 Å². The SMILES string of the molecule is C=C1CC[C@@H](O)C/C1=C/C=C1\CCC[C@]2(C)[C@@H]([C@H](C)CC(O)C(O)C(C)(C)O)CC[C@@H]12. The lowest BCUT2D eigenvalue weighted by molar-refractivity contribution is -0.113. The van der Waals surface area contributed by atoms with Crippen molar-refractivity contribution >= 4 is 0 Å². The van der Waals surface area contributed by atoms with Crippen LogP contribution in [0.5, 0.6) is 0 Å². The van der Waals surface area contributed by atoms with E-state index in [1.54, 1.807) is 13.8 Å². The average Bonchev–Trinajstić information content (AvgIpc) is 3.04. The second-order valence-electron chi connectivity index (χ2n) is 11.4. The Bertz CT molecular complexity index is 715. The van der Waals surface area contributed by atoms with Crippen molar-refractivity contribution in [2.24, 2.45) is 23.2 Å². The van der Waals surface area contributed by atoms with Crippen LogP contribution in [-0.4, -0.2) is 44.3 Å². The van der Waals surface area contributed by atoms with Gasteiger partial charge in [-0.05, 0) is 100 Å². The number of hydrogen-bond acceptors (Lipinski definition) is 4. The van der Waals surface area contributed by atoms with Crippen LogP contribution in [0.15, 0.2) is 35.5 Å². The van der Waals surface area contributed by atoms with Gasteiger partial charge >= 0.3 is 0 Å².